The number of benzene rings is 1. The van der Waals surface area contributed by atoms with Crippen molar-refractivity contribution in [3.63, 3.8) is 0 Å². The van der Waals surface area contributed by atoms with Gasteiger partial charge in [-0.25, -0.2) is 13.8 Å². The Bertz CT molecular complexity index is 556. The van der Waals surface area contributed by atoms with Crippen LogP contribution in [-0.2, 0) is 20.1 Å². The van der Waals surface area contributed by atoms with Gasteiger partial charge in [0, 0.05) is 19.2 Å². The van der Waals surface area contributed by atoms with E-state index in [0.29, 0.717) is 12.4 Å². The van der Waals surface area contributed by atoms with Gasteiger partial charge in [-0.1, -0.05) is 0 Å². The molecule has 2 rings (SSSR count). The predicted molar refractivity (Wildman–Crippen MR) is 65.6 cm³/mol. The van der Waals surface area contributed by atoms with Gasteiger partial charge in [0.25, 0.3) is 0 Å². The molecular weight excluding hydrogens is 306 g/mol. The molecule has 4 nitrogen and oxygen atoms in total. The fraction of sp³-hybridized carbons (Fsp3) is 0.273. The number of halogens is 3. The van der Waals surface area contributed by atoms with Crippen LogP contribution in [0.1, 0.15) is 11.4 Å². The zero-order valence-corrected chi connectivity index (χ0v) is 11.2. The van der Waals surface area contributed by atoms with Crippen LogP contribution in [0.25, 0.3) is 0 Å². The van der Waals surface area contributed by atoms with Crippen LogP contribution in [0.5, 0.6) is 0 Å². The van der Waals surface area contributed by atoms with E-state index in [9.17, 15) is 8.78 Å². The van der Waals surface area contributed by atoms with Crippen molar-refractivity contribution in [2.75, 3.05) is 0 Å². The second-order valence-corrected chi connectivity index (χ2v) is 4.61. The lowest BCUT2D eigenvalue weighted by molar-refractivity contribution is 0.528. The van der Waals surface area contributed by atoms with Crippen molar-refractivity contribution < 1.29 is 8.78 Å². The lowest BCUT2D eigenvalue weighted by Crippen LogP contribution is -2.16. The Morgan fingerprint density at radius 2 is 2.11 bits per heavy atom. The first-order valence-electron chi connectivity index (χ1n) is 5.25. The smallest absolute Gasteiger partial charge is 0.164 e. The summed E-state index contributed by atoms with van der Waals surface area (Å²) in [5.41, 5.74) is 0.000283. The summed E-state index contributed by atoms with van der Waals surface area (Å²) in [7, 11) is 1.75. The maximum absolute atomic E-state index is 13.6. The Morgan fingerprint density at radius 3 is 2.78 bits per heavy atom. The zero-order valence-electron chi connectivity index (χ0n) is 9.62. The summed E-state index contributed by atoms with van der Waals surface area (Å²) in [6.45, 7) is 0.432. The molecule has 0 fully saturated rings. The summed E-state index contributed by atoms with van der Waals surface area (Å²) in [6, 6.07) is 2.57. The standard InChI is InChI=1S/C11H11BrF2N4/c1-18-6-16-10(17-18)5-15-4-7-9(13)3-2-8(12)11(7)14/h2-3,6,15H,4-5H2,1H3. The van der Waals surface area contributed by atoms with Gasteiger partial charge in [-0.3, -0.25) is 4.68 Å². The van der Waals surface area contributed by atoms with Crippen LogP contribution in [0.4, 0.5) is 8.78 Å². The van der Waals surface area contributed by atoms with E-state index in [1.807, 2.05) is 0 Å². The maximum atomic E-state index is 13.6. The van der Waals surface area contributed by atoms with Crippen molar-refractivity contribution in [1.29, 1.82) is 0 Å². The van der Waals surface area contributed by atoms with Crippen LogP contribution in [0, 0.1) is 11.6 Å². The Balaban J connectivity index is 2.00. The van der Waals surface area contributed by atoms with Crippen molar-refractivity contribution in [3.05, 3.63) is 46.0 Å². The molecule has 0 atom stereocenters. The van der Waals surface area contributed by atoms with E-state index in [4.69, 9.17) is 0 Å². The fourth-order valence-electron chi connectivity index (χ4n) is 1.50. The fourth-order valence-corrected chi connectivity index (χ4v) is 1.87. The molecule has 1 heterocycles. The number of aryl methyl sites for hydroxylation is 1. The highest BCUT2D eigenvalue weighted by Crippen LogP contribution is 2.21. The van der Waals surface area contributed by atoms with Gasteiger partial charge in [-0.05, 0) is 28.1 Å². The van der Waals surface area contributed by atoms with Gasteiger partial charge in [0.05, 0.1) is 11.0 Å². The number of nitrogens with zero attached hydrogens (tertiary/aromatic N) is 3. The Hall–Kier alpha value is -1.34. The molecule has 0 saturated heterocycles. The summed E-state index contributed by atoms with van der Waals surface area (Å²) in [4.78, 5) is 4.00. The van der Waals surface area contributed by atoms with Crippen molar-refractivity contribution in [1.82, 2.24) is 20.1 Å². The molecule has 0 radical (unpaired) electrons. The second-order valence-electron chi connectivity index (χ2n) is 3.76. The largest absolute Gasteiger partial charge is 0.305 e. The van der Waals surface area contributed by atoms with Crippen molar-refractivity contribution in [2.45, 2.75) is 13.1 Å². The van der Waals surface area contributed by atoms with Crippen molar-refractivity contribution in [2.24, 2.45) is 7.05 Å². The summed E-state index contributed by atoms with van der Waals surface area (Å²) < 4.78 is 28.9. The molecule has 0 unspecified atom stereocenters. The van der Waals surface area contributed by atoms with E-state index in [2.05, 4.69) is 31.3 Å². The summed E-state index contributed by atoms with van der Waals surface area (Å²) in [5.74, 6) is -0.582. The number of rotatable bonds is 4. The van der Waals surface area contributed by atoms with Crippen LogP contribution < -0.4 is 5.32 Å². The van der Waals surface area contributed by atoms with E-state index >= 15 is 0 Å². The Labute approximate surface area is 111 Å². The minimum atomic E-state index is -0.587. The van der Waals surface area contributed by atoms with Gasteiger partial charge in [-0.15, -0.1) is 0 Å². The molecule has 18 heavy (non-hydrogen) atoms. The number of nitrogens with one attached hydrogen (secondary N) is 1. The third-order valence-electron chi connectivity index (χ3n) is 2.37. The molecule has 0 saturated carbocycles. The first-order chi connectivity index (χ1) is 8.58. The maximum Gasteiger partial charge on any atom is 0.164 e. The van der Waals surface area contributed by atoms with Gasteiger partial charge in [0.15, 0.2) is 5.82 Å². The summed E-state index contributed by atoms with van der Waals surface area (Å²) in [5, 5.41) is 6.95. The molecule has 0 aliphatic carbocycles. The first-order valence-corrected chi connectivity index (χ1v) is 6.05. The molecule has 1 N–H and O–H groups in total. The second kappa shape index (κ2) is 5.53. The molecule has 1 aromatic heterocycles. The minimum absolute atomic E-state index is 0.000283. The third kappa shape index (κ3) is 2.91. The Morgan fingerprint density at radius 1 is 1.33 bits per heavy atom. The predicted octanol–water partition coefficient (Wildman–Crippen LogP) is 2.15. The highest BCUT2D eigenvalue weighted by Gasteiger charge is 2.11. The molecular formula is C11H11BrF2N4. The van der Waals surface area contributed by atoms with Crippen LogP contribution in [0.3, 0.4) is 0 Å². The molecule has 0 aliphatic heterocycles. The molecule has 0 spiro atoms. The number of aromatic nitrogens is 3. The molecule has 0 aliphatic rings. The van der Waals surface area contributed by atoms with E-state index in [0.717, 1.165) is 0 Å². The molecule has 1 aromatic carbocycles. The molecule has 2 aromatic rings. The zero-order chi connectivity index (χ0) is 13.1. The Kier molecular flexibility index (Phi) is 4.03. The number of hydrogen-bond acceptors (Lipinski definition) is 3. The summed E-state index contributed by atoms with van der Waals surface area (Å²) in [6.07, 6.45) is 1.57. The van der Waals surface area contributed by atoms with Gasteiger partial charge in [0.2, 0.25) is 0 Å². The monoisotopic (exact) mass is 316 g/mol. The quantitative estimate of drug-likeness (QED) is 0.879. The topological polar surface area (TPSA) is 42.7 Å². The highest BCUT2D eigenvalue weighted by molar-refractivity contribution is 9.10. The average molecular weight is 317 g/mol. The first kappa shape index (κ1) is 13.1. The third-order valence-corrected chi connectivity index (χ3v) is 2.98. The average Bonchev–Trinajstić information content (AvgIpc) is 2.74. The number of hydrogen-bond donors (Lipinski definition) is 1. The van der Waals surface area contributed by atoms with E-state index in [-0.39, 0.29) is 16.6 Å². The van der Waals surface area contributed by atoms with Gasteiger partial charge in [0.1, 0.15) is 18.0 Å². The van der Waals surface area contributed by atoms with Crippen LogP contribution >= 0.6 is 15.9 Å². The molecule has 7 heteroatoms. The highest BCUT2D eigenvalue weighted by atomic mass is 79.9. The van der Waals surface area contributed by atoms with Gasteiger partial charge < -0.3 is 5.32 Å². The lowest BCUT2D eigenvalue weighted by atomic mass is 10.2. The van der Waals surface area contributed by atoms with E-state index in [1.165, 1.54) is 12.1 Å². The van der Waals surface area contributed by atoms with Gasteiger partial charge in [-0.2, -0.15) is 5.10 Å². The van der Waals surface area contributed by atoms with E-state index in [1.54, 1.807) is 18.1 Å². The van der Waals surface area contributed by atoms with Crippen molar-refractivity contribution >= 4 is 15.9 Å². The normalized spacial score (nSPS) is 10.9. The lowest BCUT2D eigenvalue weighted by Gasteiger charge is -2.07. The molecule has 0 bridgehead atoms. The van der Waals surface area contributed by atoms with Gasteiger partial charge >= 0.3 is 0 Å². The minimum Gasteiger partial charge on any atom is -0.305 e. The summed E-state index contributed by atoms with van der Waals surface area (Å²) >= 11 is 3.02. The van der Waals surface area contributed by atoms with E-state index < -0.39 is 11.6 Å². The van der Waals surface area contributed by atoms with Crippen LogP contribution in [0.2, 0.25) is 0 Å². The van der Waals surface area contributed by atoms with Crippen LogP contribution in [0.15, 0.2) is 22.9 Å². The van der Waals surface area contributed by atoms with Crippen molar-refractivity contribution in [3.8, 4) is 0 Å². The molecule has 0 amide bonds. The molecule has 96 valence electrons. The van der Waals surface area contributed by atoms with Crippen LogP contribution in [-0.4, -0.2) is 14.8 Å². The SMILES string of the molecule is Cn1cnc(CNCc2c(F)ccc(Br)c2F)n1.